The van der Waals surface area contributed by atoms with E-state index in [1.165, 1.54) is 5.56 Å². The number of anilines is 1. The Morgan fingerprint density at radius 3 is 2.08 bits per heavy atom. The molecule has 1 N–H and O–H groups in total. The number of carbonyl (C=O) groups excluding carboxylic acids is 1. The van der Waals surface area contributed by atoms with Crippen LogP contribution in [0, 0.1) is 0 Å². The number of hydrogen-bond donors (Lipinski definition) is 1. The van der Waals surface area contributed by atoms with Gasteiger partial charge in [-0.3, -0.25) is 4.79 Å². The number of nitrogens with one attached hydrogen (secondary N) is 1. The van der Waals surface area contributed by atoms with Gasteiger partial charge in [-0.15, -0.1) is 0 Å². The Morgan fingerprint density at radius 2 is 1.56 bits per heavy atom. The Morgan fingerprint density at radius 1 is 1.00 bits per heavy atom. The molecule has 4 nitrogen and oxygen atoms in total. The van der Waals surface area contributed by atoms with E-state index >= 15 is 0 Å². The fraction of sp³-hybridized carbons (Fsp3) is 0.381. The van der Waals surface area contributed by atoms with Crippen molar-refractivity contribution in [2.75, 3.05) is 11.9 Å². The Bertz CT molecular complexity index is 685. The first-order valence-electron chi connectivity index (χ1n) is 8.60. The maximum atomic E-state index is 12.3. The molecule has 0 aliphatic carbocycles. The van der Waals surface area contributed by atoms with Crippen LogP contribution in [0.5, 0.6) is 11.5 Å². The smallest absolute Gasteiger partial charge is 0.265 e. The van der Waals surface area contributed by atoms with Crippen molar-refractivity contribution in [2.24, 2.45) is 0 Å². The van der Waals surface area contributed by atoms with Gasteiger partial charge in [-0.25, -0.2) is 0 Å². The topological polar surface area (TPSA) is 47.6 Å². The Kier molecular flexibility index (Phi) is 6.07. The van der Waals surface area contributed by atoms with Gasteiger partial charge in [0.15, 0.2) is 6.10 Å². The molecule has 0 saturated carbocycles. The van der Waals surface area contributed by atoms with Gasteiger partial charge in [-0.05, 0) is 61.2 Å². The highest BCUT2D eigenvalue weighted by molar-refractivity contribution is 5.94. The molecule has 2 rings (SSSR count). The summed E-state index contributed by atoms with van der Waals surface area (Å²) in [6.07, 6.45) is -0.591. The molecule has 0 bridgehead atoms. The summed E-state index contributed by atoms with van der Waals surface area (Å²) in [6.45, 7) is 10.8. The van der Waals surface area contributed by atoms with Crippen LogP contribution in [0.25, 0.3) is 0 Å². The minimum absolute atomic E-state index is 0.0924. The highest BCUT2D eigenvalue weighted by Crippen LogP contribution is 2.24. The molecule has 0 spiro atoms. The molecule has 0 saturated heterocycles. The van der Waals surface area contributed by atoms with Crippen molar-refractivity contribution >= 4 is 11.6 Å². The summed E-state index contributed by atoms with van der Waals surface area (Å²) in [7, 11) is 0. The zero-order valence-electron chi connectivity index (χ0n) is 15.6. The number of amides is 1. The lowest BCUT2D eigenvalue weighted by Crippen LogP contribution is -2.30. The highest BCUT2D eigenvalue weighted by Gasteiger charge is 2.16. The van der Waals surface area contributed by atoms with E-state index in [1.807, 2.05) is 55.5 Å². The second kappa shape index (κ2) is 8.06. The molecule has 25 heavy (non-hydrogen) atoms. The van der Waals surface area contributed by atoms with Gasteiger partial charge in [0.2, 0.25) is 0 Å². The van der Waals surface area contributed by atoms with Gasteiger partial charge in [0.25, 0.3) is 5.91 Å². The first kappa shape index (κ1) is 18.8. The predicted molar refractivity (Wildman–Crippen MR) is 101 cm³/mol. The van der Waals surface area contributed by atoms with Crippen LogP contribution in [0.15, 0.2) is 48.5 Å². The van der Waals surface area contributed by atoms with Crippen molar-refractivity contribution in [1.82, 2.24) is 0 Å². The minimum Gasteiger partial charge on any atom is -0.494 e. The van der Waals surface area contributed by atoms with Crippen LogP contribution in [0.4, 0.5) is 5.69 Å². The van der Waals surface area contributed by atoms with Gasteiger partial charge in [0, 0.05) is 5.69 Å². The fourth-order valence-corrected chi connectivity index (χ4v) is 2.34. The van der Waals surface area contributed by atoms with E-state index in [4.69, 9.17) is 9.47 Å². The fourth-order valence-electron chi connectivity index (χ4n) is 2.34. The molecule has 2 aromatic carbocycles. The van der Waals surface area contributed by atoms with E-state index in [0.717, 1.165) is 5.75 Å². The molecule has 0 radical (unpaired) electrons. The van der Waals surface area contributed by atoms with E-state index in [9.17, 15) is 4.79 Å². The summed E-state index contributed by atoms with van der Waals surface area (Å²) < 4.78 is 11.1. The van der Waals surface area contributed by atoms with E-state index in [2.05, 4.69) is 26.1 Å². The van der Waals surface area contributed by atoms with Gasteiger partial charge in [-0.1, -0.05) is 32.9 Å². The van der Waals surface area contributed by atoms with E-state index in [0.29, 0.717) is 18.0 Å². The molecule has 0 aliphatic heterocycles. The predicted octanol–water partition coefficient (Wildman–Crippen LogP) is 4.79. The number of rotatable bonds is 6. The number of carbonyl (C=O) groups is 1. The standard InChI is InChI=1S/C21H27NO3/c1-6-24-18-13-9-17(10-14-18)22-20(23)15(2)25-19-11-7-16(8-12-19)21(3,4)5/h7-15H,6H2,1-5H3,(H,22,23)/t15-/m1/s1. The van der Waals surface area contributed by atoms with Crippen LogP contribution in [-0.2, 0) is 10.2 Å². The molecule has 1 atom stereocenters. The van der Waals surface area contributed by atoms with Crippen molar-refractivity contribution in [1.29, 1.82) is 0 Å². The van der Waals surface area contributed by atoms with Crippen LogP contribution in [0.2, 0.25) is 0 Å². The SMILES string of the molecule is CCOc1ccc(NC(=O)[C@@H](C)Oc2ccc(C(C)(C)C)cc2)cc1. The Hall–Kier alpha value is -2.49. The highest BCUT2D eigenvalue weighted by atomic mass is 16.5. The average molecular weight is 341 g/mol. The van der Waals surface area contributed by atoms with E-state index < -0.39 is 6.10 Å². The van der Waals surface area contributed by atoms with Crippen molar-refractivity contribution in [3.63, 3.8) is 0 Å². The van der Waals surface area contributed by atoms with Gasteiger partial charge < -0.3 is 14.8 Å². The van der Waals surface area contributed by atoms with E-state index in [-0.39, 0.29) is 11.3 Å². The third kappa shape index (κ3) is 5.52. The molecular weight excluding hydrogens is 314 g/mol. The Labute approximate surface area is 150 Å². The summed E-state index contributed by atoms with van der Waals surface area (Å²) in [6, 6.07) is 15.2. The lowest BCUT2D eigenvalue weighted by atomic mass is 9.87. The minimum atomic E-state index is -0.591. The van der Waals surface area contributed by atoms with Crippen LogP contribution in [0.3, 0.4) is 0 Å². The van der Waals surface area contributed by atoms with Crippen molar-refractivity contribution in [3.05, 3.63) is 54.1 Å². The normalized spacial score (nSPS) is 12.4. The maximum Gasteiger partial charge on any atom is 0.265 e. The van der Waals surface area contributed by atoms with Gasteiger partial charge >= 0.3 is 0 Å². The van der Waals surface area contributed by atoms with Gasteiger partial charge in [0.1, 0.15) is 11.5 Å². The zero-order valence-corrected chi connectivity index (χ0v) is 15.6. The van der Waals surface area contributed by atoms with Gasteiger partial charge in [0.05, 0.1) is 6.61 Å². The van der Waals surface area contributed by atoms with Crippen LogP contribution in [-0.4, -0.2) is 18.6 Å². The summed E-state index contributed by atoms with van der Waals surface area (Å²) in [5.41, 5.74) is 2.04. The maximum absolute atomic E-state index is 12.3. The molecule has 0 aromatic heterocycles. The summed E-state index contributed by atoms with van der Waals surface area (Å²) in [5, 5.41) is 2.85. The zero-order chi connectivity index (χ0) is 18.4. The summed E-state index contributed by atoms with van der Waals surface area (Å²) >= 11 is 0. The monoisotopic (exact) mass is 341 g/mol. The second-order valence-electron chi connectivity index (χ2n) is 6.98. The van der Waals surface area contributed by atoms with Crippen LogP contribution >= 0.6 is 0 Å². The summed E-state index contributed by atoms with van der Waals surface area (Å²) in [4.78, 5) is 12.3. The lowest BCUT2D eigenvalue weighted by Gasteiger charge is -2.20. The lowest BCUT2D eigenvalue weighted by molar-refractivity contribution is -0.122. The van der Waals surface area contributed by atoms with Crippen molar-refractivity contribution in [2.45, 2.75) is 46.1 Å². The number of hydrogen-bond acceptors (Lipinski definition) is 3. The van der Waals surface area contributed by atoms with Gasteiger partial charge in [-0.2, -0.15) is 0 Å². The molecule has 4 heteroatoms. The number of ether oxygens (including phenoxy) is 2. The molecule has 2 aromatic rings. The van der Waals surface area contributed by atoms with E-state index in [1.54, 1.807) is 6.92 Å². The second-order valence-corrected chi connectivity index (χ2v) is 6.98. The molecule has 0 fully saturated rings. The molecule has 134 valence electrons. The molecule has 0 aliphatic rings. The van der Waals surface area contributed by atoms with Crippen LogP contribution < -0.4 is 14.8 Å². The molecule has 0 unspecified atom stereocenters. The Balaban J connectivity index is 1.93. The molecular formula is C21H27NO3. The average Bonchev–Trinajstić information content (AvgIpc) is 2.56. The third-order valence-corrected chi connectivity index (χ3v) is 3.84. The number of benzene rings is 2. The largest absolute Gasteiger partial charge is 0.494 e. The molecule has 1 amide bonds. The third-order valence-electron chi connectivity index (χ3n) is 3.84. The summed E-state index contributed by atoms with van der Waals surface area (Å²) in [5.74, 6) is 1.27. The van der Waals surface area contributed by atoms with Crippen LogP contribution in [0.1, 0.15) is 40.2 Å². The first-order chi connectivity index (χ1) is 11.8. The van der Waals surface area contributed by atoms with Crippen molar-refractivity contribution < 1.29 is 14.3 Å². The quantitative estimate of drug-likeness (QED) is 0.822. The first-order valence-corrected chi connectivity index (χ1v) is 8.60. The van der Waals surface area contributed by atoms with Crippen molar-refractivity contribution in [3.8, 4) is 11.5 Å². The molecule has 0 heterocycles.